The summed E-state index contributed by atoms with van der Waals surface area (Å²) in [6, 6.07) is 0. The van der Waals surface area contributed by atoms with Gasteiger partial charge in [-0.2, -0.15) is 0 Å². The van der Waals surface area contributed by atoms with Gasteiger partial charge in [0.2, 0.25) is 0 Å². The lowest BCUT2D eigenvalue weighted by molar-refractivity contribution is -0.135. The lowest BCUT2D eigenvalue weighted by atomic mass is 10.0. The quantitative estimate of drug-likeness (QED) is 0.602. The molecule has 0 aromatic rings. The van der Waals surface area contributed by atoms with Crippen LogP contribution in [0.5, 0.6) is 0 Å². The predicted molar refractivity (Wildman–Crippen MR) is 43.5 cm³/mol. The van der Waals surface area contributed by atoms with Gasteiger partial charge in [0.05, 0.1) is 17.8 Å². The van der Waals surface area contributed by atoms with E-state index in [1.807, 2.05) is 6.92 Å². The molecule has 0 aromatic heterocycles. The molecule has 0 spiro atoms. The van der Waals surface area contributed by atoms with Crippen molar-refractivity contribution in [1.82, 2.24) is 0 Å². The van der Waals surface area contributed by atoms with Gasteiger partial charge >= 0.3 is 5.97 Å². The lowest BCUT2D eigenvalue weighted by Crippen LogP contribution is -2.32. The third-order valence-electron chi connectivity index (χ3n) is 1.93. The van der Waals surface area contributed by atoms with Gasteiger partial charge in [-0.15, -0.1) is 0 Å². The number of rotatable bonds is 1. The van der Waals surface area contributed by atoms with Crippen molar-refractivity contribution in [3.8, 4) is 0 Å². The van der Waals surface area contributed by atoms with E-state index in [0.717, 1.165) is 0 Å². The molecule has 0 aliphatic carbocycles. The molecule has 0 bridgehead atoms. The Kier molecular flexibility index (Phi) is 2.38. The molecular formula is C8H13NO3. The maximum atomic E-state index is 10.7. The standard InChI is InChI=1S/C8H13NO3/c1-4-3-6(9)7(8(10)11)5(2)12-4/h4-5H,3,9H2,1-2H3,(H,10,11). The van der Waals surface area contributed by atoms with E-state index in [4.69, 9.17) is 15.6 Å². The second kappa shape index (κ2) is 3.15. The fraction of sp³-hybridized carbons (Fsp3) is 0.625. The largest absolute Gasteiger partial charge is 0.478 e. The topological polar surface area (TPSA) is 72.6 Å². The smallest absolute Gasteiger partial charge is 0.335 e. The van der Waals surface area contributed by atoms with E-state index in [0.29, 0.717) is 12.1 Å². The molecule has 12 heavy (non-hydrogen) atoms. The first-order valence-electron chi connectivity index (χ1n) is 3.89. The summed E-state index contributed by atoms with van der Waals surface area (Å²) in [6.07, 6.45) is 0.126. The lowest BCUT2D eigenvalue weighted by Gasteiger charge is -2.26. The van der Waals surface area contributed by atoms with Crippen LogP contribution in [0.2, 0.25) is 0 Å². The van der Waals surface area contributed by atoms with Gasteiger partial charge in [0, 0.05) is 12.1 Å². The molecule has 0 saturated heterocycles. The van der Waals surface area contributed by atoms with E-state index in [9.17, 15) is 4.79 Å². The number of ether oxygens (including phenoxy) is 1. The molecule has 1 aliphatic rings. The average Bonchev–Trinajstić information content (AvgIpc) is 1.82. The van der Waals surface area contributed by atoms with E-state index in [-0.39, 0.29) is 11.7 Å². The maximum Gasteiger partial charge on any atom is 0.335 e. The van der Waals surface area contributed by atoms with Crippen LogP contribution in [0.25, 0.3) is 0 Å². The van der Waals surface area contributed by atoms with Crippen LogP contribution in [0.3, 0.4) is 0 Å². The van der Waals surface area contributed by atoms with E-state index < -0.39 is 12.1 Å². The summed E-state index contributed by atoms with van der Waals surface area (Å²) in [7, 11) is 0. The minimum absolute atomic E-state index is 0.0168. The van der Waals surface area contributed by atoms with Gasteiger partial charge in [-0.3, -0.25) is 0 Å². The summed E-state index contributed by atoms with van der Waals surface area (Å²) in [5.41, 5.74) is 6.22. The summed E-state index contributed by atoms with van der Waals surface area (Å²) < 4.78 is 5.31. The van der Waals surface area contributed by atoms with E-state index in [1.54, 1.807) is 6.92 Å². The second-order valence-corrected chi connectivity index (χ2v) is 3.04. The molecule has 1 rings (SSSR count). The highest BCUT2D eigenvalue weighted by Gasteiger charge is 2.27. The highest BCUT2D eigenvalue weighted by atomic mass is 16.5. The van der Waals surface area contributed by atoms with Crippen LogP contribution < -0.4 is 5.73 Å². The molecule has 2 unspecified atom stereocenters. The maximum absolute atomic E-state index is 10.7. The fourth-order valence-corrected chi connectivity index (χ4v) is 1.46. The van der Waals surface area contributed by atoms with Gasteiger partial charge in [0.1, 0.15) is 0 Å². The van der Waals surface area contributed by atoms with Gasteiger partial charge in [-0.1, -0.05) is 0 Å². The van der Waals surface area contributed by atoms with Crippen molar-refractivity contribution >= 4 is 5.97 Å². The van der Waals surface area contributed by atoms with Crippen LogP contribution in [-0.4, -0.2) is 23.3 Å². The summed E-state index contributed by atoms with van der Waals surface area (Å²) in [5.74, 6) is -0.980. The van der Waals surface area contributed by atoms with Crippen LogP contribution in [0, 0.1) is 0 Å². The summed E-state index contributed by atoms with van der Waals surface area (Å²) in [4.78, 5) is 10.7. The Morgan fingerprint density at radius 2 is 2.25 bits per heavy atom. The third-order valence-corrected chi connectivity index (χ3v) is 1.93. The molecular weight excluding hydrogens is 158 g/mol. The molecule has 0 amide bonds. The van der Waals surface area contributed by atoms with Crippen molar-refractivity contribution < 1.29 is 14.6 Å². The van der Waals surface area contributed by atoms with Crippen LogP contribution in [-0.2, 0) is 9.53 Å². The van der Waals surface area contributed by atoms with Crippen molar-refractivity contribution in [3.63, 3.8) is 0 Å². The van der Waals surface area contributed by atoms with Gasteiger partial charge in [0.15, 0.2) is 0 Å². The van der Waals surface area contributed by atoms with Crippen molar-refractivity contribution in [2.75, 3.05) is 0 Å². The molecule has 4 heteroatoms. The highest BCUT2D eigenvalue weighted by molar-refractivity contribution is 5.88. The zero-order chi connectivity index (χ0) is 9.30. The molecule has 68 valence electrons. The van der Waals surface area contributed by atoms with Crippen molar-refractivity contribution in [3.05, 3.63) is 11.3 Å². The summed E-state index contributed by atoms with van der Waals surface area (Å²) in [5, 5.41) is 8.75. The highest BCUT2D eigenvalue weighted by Crippen LogP contribution is 2.22. The molecule has 2 atom stereocenters. The van der Waals surface area contributed by atoms with Gasteiger partial charge in [-0.25, -0.2) is 4.79 Å². The van der Waals surface area contributed by atoms with Crippen molar-refractivity contribution in [2.45, 2.75) is 32.5 Å². The van der Waals surface area contributed by atoms with E-state index in [1.165, 1.54) is 0 Å². The third kappa shape index (κ3) is 1.58. The van der Waals surface area contributed by atoms with Crippen LogP contribution >= 0.6 is 0 Å². The molecule has 0 fully saturated rings. The Morgan fingerprint density at radius 1 is 1.67 bits per heavy atom. The van der Waals surface area contributed by atoms with Crippen LogP contribution in [0.1, 0.15) is 20.3 Å². The fourth-order valence-electron chi connectivity index (χ4n) is 1.46. The second-order valence-electron chi connectivity index (χ2n) is 3.04. The molecule has 0 aromatic carbocycles. The Morgan fingerprint density at radius 3 is 2.67 bits per heavy atom. The molecule has 1 heterocycles. The van der Waals surface area contributed by atoms with Crippen LogP contribution in [0.4, 0.5) is 0 Å². The SMILES string of the molecule is CC1CC(N)=C(C(=O)O)C(C)O1. The summed E-state index contributed by atoms with van der Waals surface area (Å²) in [6.45, 7) is 3.58. The monoisotopic (exact) mass is 171 g/mol. The van der Waals surface area contributed by atoms with Crippen molar-refractivity contribution in [1.29, 1.82) is 0 Å². The first-order chi connectivity index (χ1) is 5.52. The summed E-state index contributed by atoms with van der Waals surface area (Å²) >= 11 is 0. The normalized spacial score (nSPS) is 30.5. The minimum Gasteiger partial charge on any atom is -0.478 e. The van der Waals surface area contributed by atoms with Crippen molar-refractivity contribution in [2.24, 2.45) is 5.73 Å². The molecule has 4 nitrogen and oxygen atoms in total. The number of carbonyl (C=O) groups is 1. The zero-order valence-electron chi connectivity index (χ0n) is 7.20. The predicted octanol–water partition coefficient (Wildman–Crippen LogP) is 0.481. The number of hydrogen-bond acceptors (Lipinski definition) is 3. The van der Waals surface area contributed by atoms with E-state index >= 15 is 0 Å². The number of hydrogen-bond donors (Lipinski definition) is 2. The van der Waals surface area contributed by atoms with Crippen LogP contribution in [0.15, 0.2) is 11.3 Å². The van der Waals surface area contributed by atoms with Gasteiger partial charge in [0.25, 0.3) is 0 Å². The number of nitrogens with two attached hydrogens (primary N) is 1. The molecule has 0 saturated carbocycles. The Bertz CT molecular complexity index is 234. The number of aliphatic carboxylic acids is 1. The average molecular weight is 171 g/mol. The van der Waals surface area contributed by atoms with E-state index in [2.05, 4.69) is 0 Å². The van der Waals surface area contributed by atoms with Gasteiger partial charge in [-0.05, 0) is 13.8 Å². The first-order valence-corrected chi connectivity index (χ1v) is 3.89. The number of carboxylic acid groups (broad SMARTS) is 1. The zero-order valence-corrected chi connectivity index (χ0v) is 7.20. The van der Waals surface area contributed by atoms with Gasteiger partial charge < -0.3 is 15.6 Å². The molecule has 3 N–H and O–H groups in total. The minimum atomic E-state index is -0.980. The molecule has 0 radical (unpaired) electrons. The first kappa shape index (κ1) is 9.06. The Hall–Kier alpha value is -1.03. The molecule has 1 aliphatic heterocycles. The Labute approximate surface area is 71.0 Å². The number of carboxylic acids is 1. The Balaban J connectivity index is 2.93.